The molecule has 3 nitrogen and oxygen atoms in total. The van der Waals surface area contributed by atoms with Crippen LogP contribution in [-0.4, -0.2) is 25.0 Å². The zero-order chi connectivity index (χ0) is 14.4. The summed E-state index contributed by atoms with van der Waals surface area (Å²) >= 11 is 0. The molecule has 2 rings (SSSR count). The van der Waals surface area contributed by atoms with Crippen molar-refractivity contribution in [3.05, 3.63) is 30.3 Å². The lowest BCUT2D eigenvalue weighted by molar-refractivity contribution is -0.119. The lowest BCUT2D eigenvalue weighted by Gasteiger charge is -2.34. The Hall–Kier alpha value is -1.35. The van der Waals surface area contributed by atoms with Gasteiger partial charge in [0.15, 0.2) is 0 Å². The van der Waals surface area contributed by atoms with E-state index in [1.807, 2.05) is 42.2 Å². The molecule has 1 aliphatic heterocycles. The highest BCUT2D eigenvalue weighted by Crippen LogP contribution is 2.25. The van der Waals surface area contributed by atoms with Crippen molar-refractivity contribution in [3.8, 4) is 0 Å². The molecule has 0 saturated carbocycles. The van der Waals surface area contributed by atoms with Crippen LogP contribution < -0.4 is 10.2 Å². The second-order valence-corrected chi connectivity index (χ2v) is 5.65. The van der Waals surface area contributed by atoms with Gasteiger partial charge in [0.05, 0.1) is 0 Å². The molecule has 1 aromatic rings. The van der Waals surface area contributed by atoms with E-state index in [9.17, 15) is 4.79 Å². The van der Waals surface area contributed by atoms with Crippen LogP contribution in [0.3, 0.4) is 0 Å². The molecule has 0 radical (unpaired) electrons. The normalized spacial score (nSPS) is 21.0. The van der Waals surface area contributed by atoms with Crippen molar-refractivity contribution >= 4 is 11.6 Å². The number of nitrogens with zero attached hydrogens (tertiary/aromatic N) is 1. The third kappa shape index (κ3) is 3.60. The molecule has 1 fully saturated rings. The summed E-state index contributed by atoms with van der Waals surface area (Å²) in [6, 6.07) is 10.3. The first-order chi connectivity index (χ1) is 9.74. The van der Waals surface area contributed by atoms with Gasteiger partial charge in [-0.3, -0.25) is 4.79 Å². The fraction of sp³-hybridized carbons (Fsp3) is 0.588. The van der Waals surface area contributed by atoms with Crippen LogP contribution in [0.4, 0.5) is 5.69 Å². The molecule has 3 heteroatoms. The summed E-state index contributed by atoms with van der Waals surface area (Å²) < 4.78 is 0. The number of nitrogens with one attached hydrogen (secondary N) is 1. The zero-order valence-corrected chi connectivity index (χ0v) is 12.6. The largest absolute Gasteiger partial charge is 0.316 e. The van der Waals surface area contributed by atoms with E-state index >= 15 is 0 Å². The van der Waals surface area contributed by atoms with Crippen molar-refractivity contribution in [1.29, 1.82) is 0 Å². The van der Waals surface area contributed by atoms with E-state index in [-0.39, 0.29) is 11.9 Å². The Bertz CT molecular complexity index is 410. The number of benzene rings is 1. The highest BCUT2D eigenvalue weighted by molar-refractivity contribution is 5.93. The van der Waals surface area contributed by atoms with Crippen LogP contribution >= 0.6 is 0 Å². The highest BCUT2D eigenvalue weighted by Gasteiger charge is 2.28. The predicted molar refractivity (Wildman–Crippen MR) is 83.9 cm³/mol. The molecule has 0 aliphatic carbocycles. The average Bonchev–Trinajstić information content (AvgIpc) is 2.77. The zero-order valence-electron chi connectivity index (χ0n) is 12.6. The quantitative estimate of drug-likeness (QED) is 0.914. The van der Waals surface area contributed by atoms with Crippen molar-refractivity contribution in [2.45, 2.75) is 45.6 Å². The topological polar surface area (TPSA) is 32.3 Å². The molecule has 2 atom stereocenters. The molecule has 0 spiro atoms. The van der Waals surface area contributed by atoms with Gasteiger partial charge in [-0.05, 0) is 50.9 Å². The second kappa shape index (κ2) is 7.44. The molecule has 0 aromatic heterocycles. The molecule has 0 bridgehead atoms. The number of anilines is 1. The van der Waals surface area contributed by atoms with E-state index in [4.69, 9.17) is 0 Å². The smallest absolute Gasteiger partial charge is 0.226 e. The molecule has 1 N–H and O–H groups in total. The predicted octanol–water partition coefficient (Wildman–Crippen LogP) is 3.21. The summed E-state index contributed by atoms with van der Waals surface area (Å²) in [6.45, 7) is 6.26. The number of amides is 1. The maximum atomic E-state index is 12.4. The molecule has 1 saturated heterocycles. The number of hydrogen-bond acceptors (Lipinski definition) is 2. The van der Waals surface area contributed by atoms with E-state index in [2.05, 4.69) is 12.2 Å². The highest BCUT2D eigenvalue weighted by atomic mass is 16.2. The summed E-state index contributed by atoms with van der Waals surface area (Å²) in [5.41, 5.74) is 1.02. The van der Waals surface area contributed by atoms with Gasteiger partial charge < -0.3 is 10.2 Å². The number of carbonyl (C=O) groups excluding carboxylic acids is 1. The summed E-state index contributed by atoms with van der Waals surface area (Å²) in [7, 11) is 0. The lowest BCUT2D eigenvalue weighted by atomic mass is 9.94. The van der Waals surface area contributed by atoms with Crippen LogP contribution in [0.1, 0.15) is 39.5 Å². The Morgan fingerprint density at radius 2 is 2.10 bits per heavy atom. The molecule has 2 unspecified atom stereocenters. The maximum absolute atomic E-state index is 12.4. The maximum Gasteiger partial charge on any atom is 0.226 e. The van der Waals surface area contributed by atoms with E-state index in [0.29, 0.717) is 12.3 Å². The molecule has 1 aromatic carbocycles. The lowest BCUT2D eigenvalue weighted by Crippen LogP contribution is -2.45. The number of carbonyl (C=O) groups is 1. The Morgan fingerprint density at radius 3 is 2.80 bits per heavy atom. The summed E-state index contributed by atoms with van der Waals surface area (Å²) in [5, 5.41) is 3.50. The van der Waals surface area contributed by atoms with E-state index in [0.717, 1.165) is 18.8 Å². The Labute approximate surface area is 122 Å². The van der Waals surface area contributed by atoms with Gasteiger partial charge >= 0.3 is 0 Å². The molecule has 1 amide bonds. The molecular weight excluding hydrogens is 248 g/mol. The number of hydrogen-bond donors (Lipinski definition) is 1. The van der Waals surface area contributed by atoms with Crippen molar-refractivity contribution in [2.75, 3.05) is 18.0 Å². The second-order valence-electron chi connectivity index (χ2n) is 5.65. The minimum Gasteiger partial charge on any atom is -0.316 e. The SMILES string of the molecule is CCC(=O)N(c1ccccc1)C(C)C1CCCCNC1. The van der Waals surface area contributed by atoms with Gasteiger partial charge in [-0.25, -0.2) is 0 Å². The van der Waals surface area contributed by atoms with E-state index in [1.165, 1.54) is 19.3 Å². The number of para-hydroxylation sites is 1. The van der Waals surface area contributed by atoms with Gasteiger partial charge in [-0.2, -0.15) is 0 Å². The van der Waals surface area contributed by atoms with Crippen LogP contribution in [0.5, 0.6) is 0 Å². The third-order valence-corrected chi connectivity index (χ3v) is 4.28. The minimum atomic E-state index is 0.216. The van der Waals surface area contributed by atoms with Crippen LogP contribution in [0.2, 0.25) is 0 Å². The first-order valence-electron chi connectivity index (χ1n) is 7.82. The molecule has 110 valence electrons. The summed E-state index contributed by atoms with van der Waals surface area (Å²) in [6.07, 6.45) is 4.26. The van der Waals surface area contributed by atoms with Crippen molar-refractivity contribution < 1.29 is 4.79 Å². The standard InChI is InChI=1S/C17H26N2O/c1-3-17(20)19(16-10-5-4-6-11-16)14(2)15-9-7-8-12-18-13-15/h4-6,10-11,14-15,18H,3,7-9,12-13H2,1-2H3. The van der Waals surface area contributed by atoms with E-state index in [1.54, 1.807) is 0 Å². The van der Waals surface area contributed by atoms with E-state index < -0.39 is 0 Å². The average molecular weight is 274 g/mol. The fourth-order valence-electron chi connectivity index (χ4n) is 3.03. The molecule has 20 heavy (non-hydrogen) atoms. The van der Waals surface area contributed by atoms with Gasteiger partial charge in [0.1, 0.15) is 0 Å². The Balaban J connectivity index is 2.19. The molecule has 1 aliphatic rings. The van der Waals surface area contributed by atoms with Gasteiger partial charge in [0.2, 0.25) is 5.91 Å². The Kier molecular flexibility index (Phi) is 5.60. The fourth-order valence-corrected chi connectivity index (χ4v) is 3.03. The first-order valence-corrected chi connectivity index (χ1v) is 7.82. The van der Waals surface area contributed by atoms with Gasteiger partial charge in [-0.15, -0.1) is 0 Å². The third-order valence-electron chi connectivity index (χ3n) is 4.28. The summed E-state index contributed by atoms with van der Waals surface area (Å²) in [4.78, 5) is 14.4. The molecular formula is C17H26N2O. The minimum absolute atomic E-state index is 0.216. The summed E-state index contributed by atoms with van der Waals surface area (Å²) in [5.74, 6) is 0.751. The van der Waals surface area contributed by atoms with Gasteiger partial charge in [0.25, 0.3) is 0 Å². The van der Waals surface area contributed by atoms with Gasteiger partial charge in [-0.1, -0.05) is 31.5 Å². The van der Waals surface area contributed by atoms with Crippen LogP contribution in [0.25, 0.3) is 0 Å². The first kappa shape index (κ1) is 15.0. The van der Waals surface area contributed by atoms with Crippen LogP contribution in [0, 0.1) is 5.92 Å². The molecule has 1 heterocycles. The van der Waals surface area contributed by atoms with Crippen LogP contribution in [0.15, 0.2) is 30.3 Å². The van der Waals surface area contributed by atoms with Crippen LogP contribution in [-0.2, 0) is 4.79 Å². The Morgan fingerprint density at radius 1 is 1.35 bits per heavy atom. The van der Waals surface area contributed by atoms with Gasteiger partial charge in [0, 0.05) is 18.2 Å². The van der Waals surface area contributed by atoms with Crippen molar-refractivity contribution in [1.82, 2.24) is 5.32 Å². The number of rotatable bonds is 4. The van der Waals surface area contributed by atoms with Crippen molar-refractivity contribution in [2.24, 2.45) is 5.92 Å². The van der Waals surface area contributed by atoms with Crippen molar-refractivity contribution in [3.63, 3.8) is 0 Å². The monoisotopic (exact) mass is 274 g/mol.